The van der Waals surface area contributed by atoms with E-state index in [2.05, 4.69) is 5.10 Å². The molecule has 0 amide bonds. The summed E-state index contributed by atoms with van der Waals surface area (Å²) >= 11 is 0. The Balaban J connectivity index is 1.94. The second-order valence-electron chi connectivity index (χ2n) is 3.58. The first-order valence-corrected chi connectivity index (χ1v) is 5.39. The van der Waals surface area contributed by atoms with E-state index in [4.69, 9.17) is 9.47 Å². The Bertz CT molecular complexity index is 343. The average molecular weight is 220 g/mol. The lowest BCUT2D eigenvalue weighted by molar-refractivity contribution is 0.0397. The first kappa shape index (κ1) is 11.0. The van der Waals surface area contributed by atoms with Crippen LogP contribution in [0.15, 0.2) is 29.4 Å². The first-order valence-electron chi connectivity index (χ1n) is 5.39. The summed E-state index contributed by atoms with van der Waals surface area (Å²) in [6.45, 7) is 3.26. The SMILES string of the molecule is COc1ccc(/C=N\N2CCOCC2)cc1. The van der Waals surface area contributed by atoms with Crippen LogP contribution in [0.1, 0.15) is 5.56 Å². The fraction of sp³-hybridized carbons (Fsp3) is 0.417. The lowest BCUT2D eigenvalue weighted by atomic mass is 10.2. The van der Waals surface area contributed by atoms with Crippen LogP contribution in [0.25, 0.3) is 0 Å². The van der Waals surface area contributed by atoms with Crippen molar-refractivity contribution in [3.63, 3.8) is 0 Å². The Morgan fingerprint density at radius 2 is 1.94 bits per heavy atom. The highest BCUT2D eigenvalue weighted by atomic mass is 16.5. The summed E-state index contributed by atoms with van der Waals surface area (Å²) in [4.78, 5) is 0. The molecule has 0 saturated carbocycles. The van der Waals surface area contributed by atoms with Gasteiger partial charge in [0.25, 0.3) is 0 Å². The monoisotopic (exact) mass is 220 g/mol. The minimum atomic E-state index is 0.764. The molecule has 4 heteroatoms. The van der Waals surface area contributed by atoms with Gasteiger partial charge in [-0.25, -0.2) is 0 Å². The predicted molar refractivity (Wildman–Crippen MR) is 63.0 cm³/mol. The van der Waals surface area contributed by atoms with Crippen molar-refractivity contribution in [3.05, 3.63) is 29.8 Å². The van der Waals surface area contributed by atoms with Gasteiger partial charge in [-0.05, 0) is 29.8 Å². The summed E-state index contributed by atoms with van der Waals surface area (Å²) < 4.78 is 10.3. The molecule has 0 N–H and O–H groups in total. The summed E-state index contributed by atoms with van der Waals surface area (Å²) in [7, 11) is 1.66. The highest BCUT2D eigenvalue weighted by molar-refractivity contribution is 5.79. The van der Waals surface area contributed by atoms with E-state index in [1.54, 1.807) is 7.11 Å². The van der Waals surface area contributed by atoms with Crippen molar-refractivity contribution in [2.24, 2.45) is 5.10 Å². The molecule has 1 saturated heterocycles. The van der Waals surface area contributed by atoms with Crippen LogP contribution in [-0.2, 0) is 4.74 Å². The third kappa shape index (κ3) is 2.97. The van der Waals surface area contributed by atoms with E-state index in [0.717, 1.165) is 37.6 Å². The van der Waals surface area contributed by atoms with Crippen LogP contribution in [0.2, 0.25) is 0 Å². The van der Waals surface area contributed by atoms with Crippen molar-refractivity contribution in [2.75, 3.05) is 33.4 Å². The van der Waals surface area contributed by atoms with Crippen LogP contribution in [0.3, 0.4) is 0 Å². The number of methoxy groups -OCH3 is 1. The van der Waals surface area contributed by atoms with E-state index >= 15 is 0 Å². The molecule has 0 bridgehead atoms. The molecule has 0 aliphatic carbocycles. The molecule has 1 aromatic rings. The highest BCUT2D eigenvalue weighted by Gasteiger charge is 2.05. The smallest absolute Gasteiger partial charge is 0.118 e. The number of hydrazone groups is 1. The van der Waals surface area contributed by atoms with Crippen molar-refractivity contribution in [3.8, 4) is 5.75 Å². The maximum Gasteiger partial charge on any atom is 0.118 e. The Kier molecular flexibility index (Phi) is 3.77. The van der Waals surface area contributed by atoms with Gasteiger partial charge >= 0.3 is 0 Å². The van der Waals surface area contributed by atoms with Crippen LogP contribution in [0.4, 0.5) is 0 Å². The molecule has 1 fully saturated rings. The van der Waals surface area contributed by atoms with Gasteiger partial charge in [-0.1, -0.05) is 0 Å². The summed E-state index contributed by atoms with van der Waals surface area (Å²) in [5.74, 6) is 0.864. The zero-order valence-corrected chi connectivity index (χ0v) is 9.43. The van der Waals surface area contributed by atoms with Gasteiger partial charge in [0.2, 0.25) is 0 Å². The van der Waals surface area contributed by atoms with Gasteiger partial charge in [0.15, 0.2) is 0 Å². The summed E-state index contributed by atoms with van der Waals surface area (Å²) in [6.07, 6.45) is 1.87. The number of benzene rings is 1. The molecule has 2 rings (SSSR count). The maximum absolute atomic E-state index is 5.25. The van der Waals surface area contributed by atoms with E-state index in [1.165, 1.54) is 0 Å². The van der Waals surface area contributed by atoms with Crippen LogP contribution in [0.5, 0.6) is 5.75 Å². The zero-order chi connectivity index (χ0) is 11.2. The maximum atomic E-state index is 5.25. The molecule has 16 heavy (non-hydrogen) atoms. The van der Waals surface area contributed by atoms with Crippen molar-refractivity contribution in [1.29, 1.82) is 0 Å². The molecule has 1 aliphatic heterocycles. The molecule has 1 aromatic carbocycles. The third-order valence-corrected chi connectivity index (χ3v) is 2.47. The molecule has 0 aromatic heterocycles. The Morgan fingerprint density at radius 3 is 2.56 bits per heavy atom. The molecule has 86 valence electrons. The van der Waals surface area contributed by atoms with E-state index in [-0.39, 0.29) is 0 Å². The van der Waals surface area contributed by atoms with Crippen molar-refractivity contribution < 1.29 is 9.47 Å². The van der Waals surface area contributed by atoms with Crippen molar-refractivity contribution in [1.82, 2.24) is 5.01 Å². The lowest BCUT2D eigenvalue weighted by Crippen LogP contribution is -2.32. The minimum Gasteiger partial charge on any atom is -0.497 e. The Morgan fingerprint density at radius 1 is 1.25 bits per heavy atom. The van der Waals surface area contributed by atoms with Gasteiger partial charge in [0.05, 0.1) is 39.6 Å². The summed E-state index contributed by atoms with van der Waals surface area (Å²) in [6, 6.07) is 7.84. The number of hydrogen-bond donors (Lipinski definition) is 0. The molecule has 0 atom stereocenters. The predicted octanol–water partition coefficient (Wildman–Crippen LogP) is 1.36. The van der Waals surface area contributed by atoms with Gasteiger partial charge in [-0.3, -0.25) is 5.01 Å². The van der Waals surface area contributed by atoms with Crippen LogP contribution in [-0.4, -0.2) is 44.6 Å². The van der Waals surface area contributed by atoms with E-state index in [1.807, 2.05) is 35.5 Å². The molecule has 0 spiro atoms. The Hall–Kier alpha value is -1.55. The van der Waals surface area contributed by atoms with Crippen LogP contribution >= 0.6 is 0 Å². The number of ether oxygens (including phenoxy) is 2. The summed E-state index contributed by atoms with van der Waals surface area (Å²) in [5.41, 5.74) is 1.08. The van der Waals surface area contributed by atoms with Crippen molar-refractivity contribution >= 4 is 6.21 Å². The topological polar surface area (TPSA) is 34.1 Å². The third-order valence-electron chi connectivity index (χ3n) is 2.47. The minimum absolute atomic E-state index is 0.764. The van der Waals surface area contributed by atoms with E-state index in [0.29, 0.717) is 0 Å². The van der Waals surface area contributed by atoms with Gasteiger partial charge in [-0.15, -0.1) is 0 Å². The average Bonchev–Trinajstić information content (AvgIpc) is 2.38. The van der Waals surface area contributed by atoms with Gasteiger partial charge in [0, 0.05) is 0 Å². The molecule has 4 nitrogen and oxygen atoms in total. The standard InChI is InChI=1S/C12H16N2O2/c1-15-12-4-2-11(3-5-12)10-13-14-6-8-16-9-7-14/h2-5,10H,6-9H2,1H3/b13-10-. The fourth-order valence-electron chi connectivity index (χ4n) is 1.51. The van der Waals surface area contributed by atoms with E-state index < -0.39 is 0 Å². The van der Waals surface area contributed by atoms with Crippen molar-refractivity contribution in [2.45, 2.75) is 0 Å². The molecular weight excluding hydrogens is 204 g/mol. The van der Waals surface area contributed by atoms with Crippen LogP contribution in [0, 0.1) is 0 Å². The van der Waals surface area contributed by atoms with Gasteiger partial charge in [-0.2, -0.15) is 5.10 Å². The van der Waals surface area contributed by atoms with Crippen LogP contribution < -0.4 is 4.74 Å². The normalized spacial score (nSPS) is 16.7. The van der Waals surface area contributed by atoms with Gasteiger partial charge in [0.1, 0.15) is 5.75 Å². The lowest BCUT2D eigenvalue weighted by Gasteiger charge is -2.23. The highest BCUT2D eigenvalue weighted by Crippen LogP contribution is 2.10. The largest absolute Gasteiger partial charge is 0.497 e. The second kappa shape index (κ2) is 5.51. The molecular formula is C12H16N2O2. The Labute approximate surface area is 95.5 Å². The number of rotatable bonds is 3. The molecule has 1 aliphatic rings. The number of nitrogens with zero attached hydrogens (tertiary/aromatic N) is 2. The molecule has 1 heterocycles. The second-order valence-corrected chi connectivity index (χ2v) is 3.58. The van der Waals surface area contributed by atoms with Gasteiger partial charge < -0.3 is 9.47 Å². The fourth-order valence-corrected chi connectivity index (χ4v) is 1.51. The first-order chi connectivity index (χ1) is 7.88. The quantitative estimate of drug-likeness (QED) is 0.721. The molecule has 0 radical (unpaired) electrons. The summed E-state index contributed by atoms with van der Waals surface area (Å²) in [5, 5.41) is 6.42. The zero-order valence-electron chi connectivity index (χ0n) is 9.43. The number of morpholine rings is 1. The van der Waals surface area contributed by atoms with E-state index in [9.17, 15) is 0 Å². The molecule has 0 unspecified atom stereocenters. The number of hydrogen-bond acceptors (Lipinski definition) is 4.